The SMILES string of the molecule is O=C(NCc1cccc(Oc2ccccc2)c1)c1ccncc1. The van der Waals surface area contributed by atoms with E-state index in [9.17, 15) is 4.79 Å². The molecule has 1 N–H and O–H groups in total. The van der Waals surface area contributed by atoms with Crippen LogP contribution >= 0.6 is 0 Å². The van der Waals surface area contributed by atoms with Gasteiger partial charge in [0.05, 0.1) is 0 Å². The van der Waals surface area contributed by atoms with E-state index in [1.807, 2.05) is 54.6 Å². The van der Waals surface area contributed by atoms with Crippen molar-refractivity contribution in [2.45, 2.75) is 6.54 Å². The summed E-state index contributed by atoms with van der Waals surface area (Å²) >= 11 is 0. The number of hydrogen-bond acceptors (Lipinski definition) is 3. The quantitative estimate of drug-likeness (QED) is 0.780. The van der Waals surface area contributed by atoms with Gasteiger partial charge in [-0.2, -0.15) is 0 Å². The van der Waals surface area contributed by atoms with Gasteiger partial charge in [0.1, 0.15) is 11.5 Å². The van der Waals surface area contributed by atoms with Gasteiger partial charge < -0.3 is 10.1 Å². The molecule has 2 aromatic carbocycles. The maximum Gasteiger partial charge on any atom is 0.251 e. The Morgan fingerprint density at radius 2 is 1.65 bits per heavy atom. The van der Waals surface area contributed by atoms with E-state index in [4.69, 9.17) is 4.74 Å². The smallest absolute Gasteiger partial charge is 0.251 e. The van der Waals surface area contributed by atoms with Gasteiger partial charge in [-0.15, -0.1) is 0 Å². The highest BCUT2D eigenvalue weighted by Crippen LogP contribution is 2.21. The molecule has 0 atom stereocenters. The Kier molecular flexibility index (Phi) is 4.64. The van der Waals surface area contributed by atoms with Gasteiger partial charge in [0.25, 0.3) is 5.91 Å². The van der Waals surface area contributed by atoms with Crippen LogP contribution in [0.2, 0.25) is 0 Å². The molecule has 3 rings (SSSR count). The van der Waals surface area contributed by atoms with Crippen LogP contribution in [0.4, 0.5) is 0 Å². The first kappa shape index (κ1) is 14.8. The number of rotatable bonds is 5. The molecular weight excluding hydrogens is 288 g/mol. The topological polar surface area (TPSA) is 51.2 Å². The molecule has 0 radical (unpaired) electrons. The van der Waals surface area contributed by atoms with Crippen molar-refractivity contribution in [3.05, 3.63) is 90.3 Å². The van der Waals surface area contributed by atoms with E-state index in [1.54, 1.807) is 24.5 Å². The lowest BCUT2D eigenvalue weighted by atomic mass is 10.2. The number of carbonyl (C=O) groups is 1. The third kappa shape index (κ3) is 4.17. The molecule has 0 spiro atoms. The van der Waals surface area contributed by atoms with Crippen molar-refractivity contribution in [3.8, 4) is 11.5 Å². The highest BCUT2D eigenvalue weighted by molar-refractivity contribution is 5.93. The molecule has 1 aromatic heterocycles. The molecule has 3 aromatic rings. The van der Waals surface area contributed by atoms with E-state index < -0.39 is 0 Å². The highest BCUT2D eigenvalue weighted by Gasteiger charge is 2.05. The number of nitrogens with zero attached hydrogens (tertiary/aromatic N) is 1. The van der Waals surface area contributed by atoms with Crippen molar-refractivity contribution in [1.82, 2.24) is 10.3 Å². The fourth-order valence-corrected chi connectivity index (χ4v) is 2.13. The van der Waals surface area contributed by atoms with Crippen LogP contribution in [0.5, 0.6) is 11.5 Å². The first-order valence-corrected chi connectivity index (χ1v) is 7.31. The van der Waals surface area contributed by atoms with E-state index in [0.717, 1.165) is 17.1 Å². The van der Waals surface area contributed by atoms with Crippen LogP contribution in [-0.2, 0) is 6.54 Å². The lowest BCUT2D eigenvalue weighted by Crippen LogP contribution is -2.22. The second-order valence-corrected chi connectivity index (χ2v) is 4.98. The van der Waals surface area contributed by atoms with Crippen LogP contribution in [0.3, 0.4) is 0 Å². The summed E-state index contributed by atoms with van der Waals surface area (Å²) < 4.78 is 5.79. The summed E-state index contributed by atoms with van der Waals surface area (Å²) in [6.45, 7) is 0.438. The summed E-state index contributed by atoms with van der Waals surface area (Å²) in [4.78, 5) is 15.9. The fraction of sp³-hybridized carbons (Fsp3) is 0.0526. The molecule has 4 heteroatoms. The number of aromatic nitrogens is 1. The minimum absolute atomic E-state index is 0.123. The lowest BCUT2D eigenvalue weighted by molar-refractivity contribution is 0.0950. The molecule has 0 bridgehead atoms. The molecule has 0 aliphatic rings. The Labute approximate surface area is 134 Å². The van der Waals surface area contributed by atoms with Crippen molar-refractivity contribution in [2.24, 2.45) is 0 Å². The molecule has 0 unspecified atom stereocenters. The number of hydrogen-bond donors (Lipinski definition) is 1. The predicted octanol–water partition coefficient (Wildman–Crippen LogP) is 3.80. The second kappa shape index (κ2) is 7.22. The molecule has 0 saturated carbocycles. The summed E-state index contributed by atoms with van der Waals surface area (Å²) in [5.41, 5.74) is 1.57. The minimum Gasteiger partial charge on any atom is -0.457 e. The number of benzene rings is 2. The molecule has 4 nitrogen and oxygen atoms in total. The Bertz CT molecular complexity index is 774. The van der Waals surface area contributed by atoms with Gasteiger partial charge in [0.2, 0.25) is 0 Å². The average Bonchev–Trinajstić information content (AvgIpc) is 2.62. The fourth-order valence-electron chi connectivity index (χ4n) is 2.13. The number of nitrogens with one attached hydrogen (secondary N) is 1. The maximum atomic E-state index is 12.0. The molecule has 1 heterocycles. The third-order valence-corrected chi connectivity index (χ3v) is 3.27. The van der Waals surface area contributed by atoms with Gasteiger partial charge in [-0.25, -0.2) is 0 Å². The van der Waals surface area contributed by atoms with Crippen LogP contribution in [0, 0.1) is 0 Å². The van der Waals surface area contributed by atoms with Crippen molar-refractivity contribution in [3.63, 3.8) is 0 Å². The summed E-state index contributed by atoms with van der Waals surface area (Å²) in [5, 5.41) is 2.88. The molecule has 23 heavy (non-hydrogen) atoms. The number of carbonyl (C=O) groups excluding carboxylic acids is 1. The van der Waals surface area contributed by atoms with Crippen molar-refractivity contribution < 1.29 is 9.53 Å². The molecule has 1 amide bonds. The Morgan fingerprint density at radius 1 is 0.913 bits per heavy atom. The lowest BCUT2D eigenvalue weighted by Gasteiger charge is -2.09. The number of para-hydroxylation sites is 1. The molecule has 114 valence electrons. The summed E-state index contributed by atoms with van der Waals surface area (Å²) in [5.74, 6) is 1.40. The first-order chi connectivity index (χ1) is 11.3. The maximum absolute atomic E-state index is 12.0. The van der Waals surface area contributed by atoms with Gasteiger partial charge in [-0.05, 0) is 42.0 Å². The Hall–Kier alpha value is -3.14. The standard InChI is InChI=1S/C19H16N2O2/c22-19(16-9-11-20-12-10-16)21-14-15-5-4-8-18(13-15)23-17-6-2-1-3-7-17/h1-13H,14H2,(H,21,22). The summed E-state index contributed by atoms with van der Waals surface area (Å²) in [7, 11) is 0. The van der Waals surface area contributed by atoms with E-state index in [-0.39, 0.29) is 5.91 Å². The normalized spacial score (nSPS) is 10.1. The minimum atomic E-state index is -0.123. The molecule has 0 aliphatic carbocycles. The van der Waals surface area contributed by atoms with Gasteiger partial charge in [-0.1, -0.05) is 30.3 Å². The zero-order valence-electron chi connectivity index (χ0n) is 12.5. The Morgan fingerprint density at radius 3 is 2.43 bits per heavy atom. The summed E-state index contributed by atoms with van der Waals surface area (Å²) in [6, 6.07) is 20.6. The van der Waals surface area contributed by atoms with Crippen LogP contribution < -0.4 is 10.1 Å². The van der Waals surface area contributed by atoms with Crippen molar-refractivity contribution in [2.75, 3.05) is 0 Å². The van der Waals surface area contributed by atoms with Gasteiger partial charge >= 0.3 is 0 Å². The zero-order chi connectivity index (χ0) is 15.9. The molecule has 0 saturated heterocycles. The molecular formula is C19H16N2O2. The van der Waals surface area contributed by atoms with Crippen LogP contribution in [0.15, 0.2) is 79.1 Å². The molecule has 0 aliphatic heterocycles. The second-order valence-electron chi connectivity index (χ2n) is 4.98. The van der Waals surface area contributed by atoms with Gasteiger partial charge in [-0.3, -0.25) is 9.78 Å². The zero-order valence-corrected chi connectivity index (χ0v) is 12.5. The van der Waals surface area contributed by atoms with Crippen LogP contribution in [0.1, 0.15) is 15.9 Å². The number of ether oxygens (including phenoxy) is 1. The highest BCUT2D eigenvalue weighted by atomic mass is 16.5. The Balaban J connectivity index is 1.63. The monoisotopic (exact) mass is 304 g/mol. The predicted molar refractivity (Wildman–Crippen MR) is 88.4 cm³/mol. The van der Waals surface area contributed by atoms with Gasteiger partial charge in [0, 0.05) is 24.5 Å². The van der Waals surface area contributed by atoms with E-state index in [1.165, 1.54) is 0 Å². The number of pyridine rings is 1. The largest absolute Gasteiger partial charge is 0.457 e. The van der Waals surface area contributed by atoms with Crippen LogP contribution in [-0.4, -0.2) is 10.9 Å². The van der Waals surface area contributed by atoms with E-state index in [2.05, 4.69) is 10.3 Å². The third-order valence-electron chi connectivity index (χ3n) is 3.27. The number of amides is 1. The average molecular weight is 304 g/mol. The summed E-state index contributed by atoms with van der Waals surface area (Å²) in [6.07, 6.45) is 3.20. The van der Waals surface area contributed by atoms with Crippen molar-refractivity contribution in [1.29, 1.82) is 0 Å². The molecule has 0 fully saturated rings. The van der Waals surface area contributed by atoms with E-state index >= 15 is 0 Å². The van der Waals surface area contributed by atoms with Crippen molar-refractivity contribution >= 4 is 5.91 Å². The van der Waals surface area contributed by atoms with E-state index in [0.29, 0.717) is 12.1 Å². The van der Waals surface area contributed by atoms with Crippen LogP contribution in [0.25, 0.3) is 0 Å². The van der Waals surface area contributed by atoms with Gasteiger partial charge in [0.15, 0.2) is 0 Å². The first-order valence-electron chi connectivity index (χ1n) is 7.31.